The third-order valence-corrected chi connectivity index (χ3v) is 14.8. The summed E-state index contributed by atoms with van der Waals surface area (Å²) >= 11 is 0. The van der Waals surface area contributed by atoms with Crippen molar-refractivity contribution in [2.45, 2.75) is 117 Å². The fraction of sp³-hybridized carbons (Fsp3) is 0.265. The van der Waals surface area contributed by atoms with E-state index < -0.39 is 10.8 Å². The molecule has 0 radical (unpaired) electrons. The molecule has 74 heavy (non-hydrogen) atoms. The summed E-state index contributed by atoms with van der Waals surface area (Å²) in [6, 6.07) is 66.2. The van der Waals surface area contributed by atoms with E-state index in [2.05, 4.69) is 292 Å². The zero-order valence-electron chi connectivity index (χ0n) is 45.3. The standard InChI is InChI=1S/C68H68N4O.Pt/c1-64(2,3)50-33-34-69-62(40-50)72-59-32-24-23-31-57(59)63-58(67(10,11)48-27-19-15-20-28-48)42-56(43-60(63)72)73-55-36-47(46-25-17-14-18-26-46)35-54(41-55)71-45-70(44-61(71)68(12,13)49-29-21-16-22-30-49)53-38-51(65(4,5)6)37-52(39-53)66(7,8)9;/h14-40,42,44H,1-13H3;/q-2;. The second kappa shape index (κ2) is 19.5. The SMILES string of the molecule is CC(C)(C)c1cc(-[n+]2[c-]n(-c3[c-]c(Oc4[c-]c5c(c(C(C)(C)c6ccccc6)c4)c4ccccc4n5-c4cc(C(C)(C)C)ccn4)cc(-c4ccccc4)c3)c(C(C)(C)c3ccccc3)c2)cc(C(C)(C)C)c1.[Pt]. The average molecular weight is 1150 g/mol. The molecular formula is C68H68N4OPt-2. The number of para-hydroxylation sites is 1. The van der Waals surface area contributed by atoms with Crippen LogP contribution in [0.5, 0.6) is 11.5 Å². The van der Waals surface area contributed by atoms with Gasteiger partial charge in [0.25, 0.3) is 6.33 Å². The van der Waals surface area contributed by atoms with Crippen LogP contribution in [-0.4, -0.2) is 14.1 Å². The van der Waals surface area contributed by atoms with Crippen molar-refractivity contribution in [1.29, 1.82) is 0 Å². The molecule has 0 atom stereocenters. The Morgan fingerprint density at radius 3 is 1.66 bits per heavy atom. The Bertz CT molecular complexity index is 3600. The van der Waals surface area contributed by atoms with E-state index >= 15 is 0 Å². The number of nitrogens with zero attached hydrogens (tertiary/aromatic N) is 4. The molecule has 5 nitrogen and oxygen atoms in total. The van der Waals surface area contributed by atoms with Crippen LogP contribution in [-0.2, 0) is 48.1 Å². The summed E-state index contributed by atoms with van der Waals surface area (Å²) in [6.45, 7) is 29.7. The first kappa shape index (κ1) is 52.1. The minimum absolute atomic E-state index is 0. The Morgan fingerprint density at radius 1 is 0.500 bits per heavy atom. The van der Waals surface area contributed by atoms with Gasteiger partial charge in [-0.05, 0) is 96.4 Å². The Hall–Kier alpha value is -6.81. The predicted octanol–water partition coefficient (Wildman–Crippen LogP) is 16.6. The number of ether oxygens (including phenoxy) is 1. The van der Waals surface area contributed by atoms with Crippen molar-refractivity contribution in [3.05, 3.63) is 234 Å². The van der Waals surface area contributed by atoms with Crippen LogP contribution in [0.1, 0.15) is 129 Å². The number of rotatable bonds is 10. The molecule has 0 aliphatic rings. The summed E-state index contributed by atoms with van der Waals surface area (Å²) in [5.41, 5.74) is 13.1. The van der Waals surface area contributed by atoms with Gasteiger partial charge in [-0.25, -0.2) is 4.98 Å². The smallest absolute Gasteiger partial charge is 0.267 e. The Kier molecular flexibility index (Phi) is 13.7. The van der Waals surface area contributed by atoms with E-state index in [1.54, 1.807) is 0 Å². The van der Waals surface area contributed by atoms with E-state index in [0.29, 0.717) is 11.5 Å². The van der Waals surface area contributed by atoms with E-state index in [9.17, 15) is 0 Å². The summed E-state index contributed by atoms with van der Waals surface area (Å²) in [7, 11) is 0. The number of benzene rings is 7. The number of imidazole rings is 1. The second-order valence-electron chi connectivity index (χ2n) is 23.9. The van der Waals surface area contributed by atoms with Crippen LogP contribution in [0.2, 0.25) is 0 Å². The van der Waals surface area contributed by atoms with Crippen LogP contribution in [0, 0.1) is 18.5 Å². The van der Waals surface area contributed by atoms with Crippen molar-refractivity contribution in [2.24, 2.45) is 0 Å². The topological polar surface area (TPSA) is 35.9 Å². The molecular weight excluding hydrogens is 1080 g/mol. The van der Waals surface area contributed by atoms with Crippen molar-refractivity contribution >= 4 is 21.8 Å². The van der Waals surface area contributed by atoms with Gasteiger partial charge in [-0.2, -0.15) is 6.07 Å². The summed E-state index contributed by atoms with van der Waals surface area (Å²) in [5, 5.41) is 2.25. The van der Waals surface area contributed by atoms with Gasteiger partial charge in [-0.1, -0.05) is 216 Å². The van der Waals surface area contributed by atoms with Crippen LogP contribution < -0.4 is 9.30 Å². The molecule has 0 bridgehead atoms. The van der Waals surface area contributed by atoms with Gasteiger partial charge in [0.05, 0.1) is 11.4 Å². The molecule has 0 fully saturated rings. The first-order valence-corrected chi connectivity index (χ1v) is 25.7. The van der Waals surface area contributed by atoms with Crippen molar-refractivity contribution in [1.82, 2.24) is 14.1 Å². The maximum atomic E-state index is 7.28. The van der Waals surface area contributed by atoms with E-state index in [-0.39, 0.29) is 37.3 Å². The summed E-state index contributed by atoms with van der Waals surface area (Å²) in [6.07, 6.45) is 8.06. The molecule has 7 aromatic carbocycles. The number of pyridine rings is 1. The van der Waals surface area contributed by atoms with Crippen LogP contribution in [0.3, 0.4) is 0 Å². The first-order valence-electron chi connectivity index (χ1n) is 25.7. The maximum Gasteiger partial charge on any atom is 0.267 e. The molecule has 0 aliphatic heterocycles. The summed E-state index contributed by atoms with van der Waals surface area (Å²) in [5.74, 6) is 1.98. The molecule has 10 rings (SSSR count). The maximum absolute atomic E-state index is 7.28. The van der Waals surface area contributed by atoms with Gasteiger partial charge in [0.2, 0.25) is 0 Å². The molecule has 0 spiro atoms. The molecule has 3 aromatic heterocycles. The number of hydrogen-bond donors (Lipinski definition) is 0. The predicted molar refractivity (Wildman–Crippen MR) is 301 cm³/mol. The van der Waals surface area contributed by atoms with E-state index in [0.717, 1.165) is 61.4 Å². The van der Waals surface area contributed by atoms with Crippen molar-refractivity contribution in [3.8, 4) is 39.8 Å². The Balaban J connectivity index is 0.00000672. The molecule has 6 heteroatoms. The van der Waals surface area contributed by atoms with Crippen molar-refractivity contribution in [2.75, 3.05) is 0 Å². The molecule has 0 unspecified atom stereocenters. The third kappa shape index (κ3) is 9.96. The van der Waals surface area contributed by atoms with Gasteiger partial charge in [-0.3, -0.25) is 4.57 Å². The largest absolute Gasteiger partial charge is 0.510 e. The van der Waals surface area contributed by atoms with Crippen LogP contribution in [0.4, 0.5) is 0 Å². The van der Waals surface area contributed by atoms with Crippen LogP contribution >= 0.6 is 0 Å². The molecule has 0 saturated carbocycles. The van der Waals surface area contributed by atoms with Crippen LogP contribution in [0.25, 0.3) is 50.1 Å². The van der Waals surface area contributed by atoms with Gasteiger partial charge in [-0.15, -0.1) is 35.4 Å². The molecule has 10 aromatic rings. The first-order chi connectivity index (χ1) is 34.6. The second-order valence-corrected chi connectivity index (χ2v) is 23.9. The molecule has 378 valence electrons. The van der Waals surface area contributed by atoms with Gasteiger partial charge in [0.15, 0.2) is 0 Å². The monoisotopic (exact) mass is 1150 g/mol. The summed E-state index contributed by atoms with van der Waals surface area (Å²) < 4.78 is 13.9. The summed E-state index contributed by atoms with van der Waals surface area (Å²) in [4.78, 5) is 5.04. The van der Waals surface area contributed by atoms with Gasteiger partial charge in [0.1, 0.15) is 5.82 Å². The number of fused-ring (bicyclic) bond motifs is 3. The quantitative estimate of drug-likeness (QED) is 0.101. The van der Waals surface area contributed by atoms with Gasteiger partial charge >= 0.3 is 0 Å². The van der Waals surface area contributed by atoms with E-state index in [4.69, 9.17) is 9.72 Å². The van der Waals surface area contributed by atoms with Gasteiger partial charge < -0.3 is 13.9 Å². The molecule has 3 heterocycles. The molecule has 0 saturated heterocycles. The molecule has 0 amide bonds. The van der Waals surface area contributed by atoms with E-state index in [1.165, 1.54) is 27.8 Å². The minimum atomic E-state index is -0.447. The third-order valence-electron chi connectivity index (χ3n) is 14.8. The fourth-order valence-corrected chi connectivity index (χ4v) is 10.2. The minimum Gasteiger partial charge on any atom is -0.510 e. The van der Waals surface area contributed by atoms with E-state index in [1.807, 2.05) is 6.20 Å². The van der Waals surface area contributed by atoms with Crippen molar-refractivity contribution < 1.29 is 30.4 Å². The van der Waals surface area contributed by atoms with Crippen molar-refractivity contribution in [3.63, 3.8) is 0 Å². The number of aromatic nitrogens is 4. The Morgan fingerprint density at radius 2 is 1.05 bits per heavy atom. The van der Waals surface area contributed by atoms with Crippen LogP contribution in [0.15, 0.2) is 176 Å². The number of hydrogen-bond acceptors (Lipinski definition) is 2. The fourth-order valence-electron chi connectivity index (χ4n) is 10.2. The van der Waals surface area contributed by atoms with Gasteiger partial charge in [0, 0.05) is 55.9 Å². The Labute approximate surface area is 454 Å². The zero-order valence-corrected chi connectivity index (χ0v) is 47.5. The molecule has 0 aliphatic carbocycles. The zero-order chi connectivity index (χ0) is 51.7. The normalized spacial score (nSPS) is 12.6. The molecule has 0 N–H and O–H groups in total. The average Bonchev–Trinajstić information content (AvgIpc) is 3.97.